The predicted molar refractivity (Wildman–Crippen MR) is 74.8 cm³/mol. The van der Waals surface area contributed by atoms with Crippen molar-refractivity contribution >= 4 is 17.3 Å². The molecular weight excluding hydrogens is 260 g/mol. The van der Waals surface area contributed by atoms with Gasteiger partial charge in [-0.3, -0.25) is 14.9 Å². The van der Waals surface area contributed by atoms with Gasteiger partial charge in [-0.15, -0.1) is 0 Å². The Labute approximate surface area is 117 Å². The van der Waals surface area contributed by atoms with Crippen molar-refractivity contribution in [2.24, 2.45) is 5.92 Å². The zero-order valence-corrected chi connectivity index (χ0v) is 11.3. The molecule has 6 nitrogen and oxygen atoms in total. The Bertz CT molecular complexity index is 530. The third kappa shape index (κ3) is 3.07. The Morgan fingerprint density at radius 3 is 2.70 bits per heavy atom. The summed E-state index contributed by atoms with van der Waals surface area (Å²) in [6.07, 6.45) is 3.44. The van der Waals surface area contributed by atoms with Crippen LogP contribution in [0.15, 0.2) is 18.2 Å². The average molecular weight is 278 g/mol. The van der Waals surface area contributed by atoms with Gasteiger partial charge in [0.15, 0.2) is 0 Å². The van der Waals surface area contributed by atoms with Crippen LogP contribution in [0, 0.1) is 23.0 Å². The van der Waals surface area contributed by atoms with Gasteiger partial charge in [0.1, 0.15) is 0 Å². The number of rotatable bonds is 4. The third-order valence-electron chi connectivity index (χ3n) is 3.84. The van der Waals surface area contributed by atoms with E-state index in [0.29, 0.717) is 6.42 Å². The highest BCUT2D eigenvalue weighted by atomic mass is 16.6. The Morgan fingerprint density at radius 2 is 2.10 bits per heavy atom. The molecule has 0 bridgehead atoms. The molecule has 0 aromatic heterocycles. The summed E-state index contributed by atoms with van der Waals surface area (Å²) in [5.74, 6) is -1.17. The summed E-state index contributed by atoms with van der Waals surface area (Å²) >= 11 is 0. The molecule has 0 heterocycles. The number of non-ortho nitro benzene ring substituents is 1. The number of hydrogen-bond acceptors (Lipinski definition) is 4. The quantitative estimate of drug-likeness (QED) is 0.652. The second-order valence-corrected chi connectivity index (χ2v) is 5.24. The van der Waals surface area contributed by atoms with Gasteiger partial charge in [-0.25, -0.2) is 0 Å². The van der Waals surface area contributed by atoms with Crippen LogP contribution in [0.25, 0.3) is 0 Å². The molecule has 0 radical (unpaired) electrons. The van der Waals surface area contributed by atoms with Crippen LogP contribution in [0.3, 0.4) is 0 Å². The molecular formula is C14H18N2O4. The lowest BCUT2D eigenvalue weighted by atomic mass is 9.84. The Hall–Kier alpha value is -2.11. The summed E-state index contributed by atoms with van der Waals surface area (Å²) in [6, 6.07) is 4.48. The van der Waals surface area contributed by atoms with Gasteiger partial charge in [-0.05, 0) is 31.4 Å². The van der Waals surface area contributed by atoms with E-state index in [9.17, 15) is 20.0 Å². The van der Waals surface area contributed by atoms with Crippen molar-refractivity contribution in [1.29, 1.82) is 0 Å². The van der Waals surface area contributed by atoms with Crippen molar-refractivity contribution in [3.63, 3.8) is 0 Å². The molecule has 2 atom stereocenters. The van der Waals surface area contributed by atoms with Crippen molar-refractivity contribution in [3.8, 4) is 0 Å². The van der Waals surface area contributed by atoms with Gasteiger partial charge in [0, 0.05) is 23.9 Å². The van der Waals surface area contributed by atoms with E-state index in [4.69, 9.17) is 0 Å². The lowest BCUT2D eigenvalue weighted by Crippen LogP contribution is -2.37. The molecule has 2 rings (SSSR count). The van der Waals surface area contributed by atoms with Crippen LogP contribution in [0.1, 0.15) is 31.2 Å². The molecule has 0 aliphatic heterocycles. The van der Waals surface area contributed by atoms with E-state index >= 15 is 0 Å². The number of hydrogen-bond donors (Lipinski definition) is 2. The number of nitrogens with zero attached hydrogens (tertiary/aromatic N) is 1. The zero-order valence-electron chi connectivity index (χ0n) is 11.3. The molecule has 1 aliphatic rings. The van der Waals surface area contributed by atoms with Crippen LogP contribution < -0.4 is 5.32 Å². The smallest absolute Gasteiger partial charge is 0.308 e. The maximum Gasteiger partial charge on any atom is 0.308 e. The van der Waals surface area contributed by atoms with E-state index in [1.165, 1.54) is 12.1 Å². The monoisotopic (exact) mass is 278 g/mol. The minimum atomic E-state index is -0.776. The van der Waals surface area contributed by atoms with E-state index in [0.717, 1.165) is 30.5 Å². The second-order valence-electron chi connectivity index (χ2n) is 5.24. The van der Waals surface area contributed by atoms with Crippen LogP contribution in [-0.4, -0.2) is 22.0 Å². The van der Waals surface area contributed by atoms with Crippen LogP contribution in [0.4, 0.5) is 11.4 Å². The minimum absolute atomic E-state index is 0.0477. The maximum atomic E-state index is 11.3. The van der Waals surface area contributed by atoms with Crippen molar-refractivity contribution < 1.29 is 14.8 Å². The summed E-state index contributed by atoms with van der Waals surface area (Å²) in [5, 5.41) is 23.2. The lowest BCUT2D eigenvalue weighted by molar-refractivity contribution is -0.384. The lowest BCUT2D eigenvalue weighted by Gasteiger charge is -2.30. The molecule has 0 amide bonds. The van der Waals surface area contributed by atoms with E-state index in [-0.39, 0.29) is 11.7 Å². The highest BCUT2D eigenvalue weighted by Crippen LogP contribution is 2.29. The molecule has 1 aromatic carbocycles. The van der Waals surface area contributed by atoms with Gasteiger partial charge in [0.05, 0.1) is 10.8 Å². The van der Waals surface area contributed by atoms with Crippen molar-refractivity contribution in [2.75, 3.05) is 5.32 Å². The molecule has 1 fully saturated rings. The van der Waals surface area contributed by atoms with Gasteiger partial charge in [0.25, 0.3) is 5.69 Å². The van der Waals surface area contributed by atoms with E-state index in [2.05, 4.69) is 5.32 Å². The van der Waals surface area contributed by atoms with Crippen molar-refractivity contribution in [3.05, 3.63) is 33.9 Å². The minimum Gasteiger partial charge on any atom is -0.481 e. The molecule has 108 valence electrons. The number of carboxylic acids is 1. The molecule has 1 aliphatic carbocycles. The van der Waals surface area contributed by atoms with E-state index in [1.54, 1.807) is 13.0 Å². The van der Waals surface area contributed by atoms with E-state index < -0.39 is 16.8 Å². The molecule has 0 saturated heterocycles. The summed E-state index contributed by atoms with van der Waals surface area (Å²) in [5.41, 5.74) is 1.58. The van der Waals surface area contributed by atoms with Crippen LogP contribution in [-0.2, 0) is 4.79 Å². The number of anilines is 1. The normalized spacial score (nSPS) is 22.2. The molecule has 20 heavy (non-hydrogen) atoms. The number of nitro groups is 1. The first-order valence-electron chi connectivity index (χ1n) is 6.73. The third-order valence-corrected chi connectivity index (χ3v) is 3.84. The largest absolute Gasteiger partial charge is 0.481 e. The van der Waals surface area contributed by atoms with Gasteiger partial charge < -0.3 is 10.4 Å². The first kappa shape index (κ1) is 14.3. The van der Waals surface area contributed by atoms with E-state index in [1.807, 2.05) is 0 Å². The Balaban J connectivity index is 2.16. The van der Waals surface area contributed by atoms with Crippen LogP contribution >= 0.6 is 0 Å². The van der Waals surface area contributed by atoms with Crippen molar-refractivity contribution in [2.45, 2.75) is 38.6 Å². The maximum absolute atomic E-state index is 11.3. The van der Waals surface area contributed by atoms with Gasteiger partial charge in [-0.1, -0.05) is 12.8 Å². The van der Waals surface area contributed by atoms with Gasteiger partial charge in [-0.2, -0.15) is 0 Å². The molecule has 2 unspecified atom stereocenters. The number of nitrogens with one attached hydrogen (secondary N) is 1. The summed E-state index contributed by atoms with van der Waals surface area (Å²) in [4.78, 5) is 21.5. The summed E-state index contributed by atoms with van der Waals surface area (Å²) < 4.78 is 0. The first-order valence-corrected chi connectivity index (χ1v) is 6.73. The molecule has 6 heteroatoms. The van der Waals surface area contributed by atoms with Gasteiger partial charge >= 0.3 is 5.97 Å². The van der Waals surface area contributed by atoms with Crippen LogP contribution in [0.2, 0.25) is 0 Å². The topological polar surface area (TPSA) is 92.5 Å². The first-order chi connectivity index (χ1) is 9.49. The standard InChI is InChI=1S/C14H18N2O4/c1-9-8-10(16(19)20)6-7-12(9)15-13-5-3-2-4-11(13)14(17)18/h6-8,11,13,15H,2-5H2,1H3,(H,17,18). The molecule has 0 spiro atoms. The second kappa shape index (κ2) is 5.90. The SMILES string of the molecule is Cc1cc([N+](=O)[O-])ccc1NC1CCCCC1C(=O)O. The number of aliphatic carboxylic acids is 1. The number of nitro benzene ring substituents is 1. The Kier molecular flexibility index (Phi) is 4.22. The number of carboxylic acid groups (broad SMARTS) is 1. The fourth-order valence-corrected chi connectivity index (χ4v) is 2.72. The Morgan fingerprint density at radius 1 is 1.40 bits per heavy atom. The average Bonchev–Trinajstić information content (AvgIpc) is 2.41. The fourth-order valence-electron chi connectivity index (χ4n) is 2.72. The molecule has 1 aromatic rings. The highest BCUT2D eigenvalue weighted by Gasteiger charge is 2.30. The number of carbonyl (C=O) groups is 1. The molecule has 2 N–H and O–H groups in total. The summed E-state index contributed by atoms with van der Waals surface area (Å²) in [7, 11) is 0. The number of benzene rings is 1. The number of aryl methyl sites for hydroxylation is 1. The van der Waals surface area contributed by atoms with Crippen LogP contribution in [0.5, 0.6) is 0 Å². The highest BCUT2D eigenvalue weighted by molar-refractivity contribution is 5.72. The molecule has 1 saturated carbocycles. The van der Waals surface area contributed by atoms with Gasteiger partial charge in [0.2, 0.25) is 0 Å². The zero-order chi connectivity index (χ0) is 14.7. The van der Waals surface area contributed by atoms with Crippen molar-refractivity contribution in [1.82, 2.24) is 0 Å². The fraction of sp³-hybridized carbons (Fsp3) is 0.500. The summed E-state index contributed by atoms with van der Waals surface area (Å²) in [6.45, 7) is 1.79. The predicted octanol–water partition coefficient (Wildman–Crippen LogP) is 2.96.